The van der Waals surface area contributed by atoms with E-state index in [0.717, 1.165) is 11.0 Å². The molecule has 0 N–H and O–H groups in total. The van der Waals surface area contributed by atoms with E-state index in [1.54, 1.807) is 12.1 Å². The largest absolute Gasteiger partial charge is 0.498 e. The van der Waals surface area contributed by atoms with E-state index in [4.69, 9.17) is 18.8 Å². The van der Waals surface area contributed by atoms with E-state index >= 15 is 0 Å². The lowest BCUT2D eigenvalue weighted by Gasteiger charge is -2.32. The van der Waals surface area contributed by atoms with Gasteiger partial charge in [0.25, 0.3) is 0 Å². The third-order valence-electron chi connectivity index (χ3n) is 5.17. The van der Waals surface area contributed by atoms with Gasteiger partial charge in [-0.25, -0.2) is 4.79 Å². The summed E-state index contributed by atoms with van der Waals surface area (Å²) in [7, 11) is 0.874. The smallest absolute Gasteiger partial charge is 0.489 e. The summed E-state index contributed by atoms with van der Waals surface area (Å²) in [5.41, 5.74) is 1.39. The zero-order valence-electron chi connectivity index (χ0n) is 16.4. The Morgan fingerprint density at radius 2 is 1.67 bits per heavy atom. The van der Waals surface area contributed by atoms with Crippen molar-refractivity contribution in [1.82, 2.24) is 0 Å². The van der Waals surface area contributed by atoms with E-state index in [0.29, 0.717) is 17.9 Å². The average molecular weight is 368 g/mol. The molecule has 1 heterocycles. The molecule has 6 heteroatoms. The molecule has 1 fully saturated rings. The quantitative estimate of drug-likeness (QED) is 0.599. The second-order valence-electron chi connectivity index (χ2n) is 7.61. The van der Waals surface area contributed by atoms with Crippen LogP contribution < -0.4 is 10.2 Å². The highest BCUT2D eigenvalue weighted by Crippen LogP contribution is 2.37. The summed E-state index contributed by atoms with van der Waals surface area (Å²) in [6, 6.07) is 14.9. The Hall–Kier alpha value is -2.31. The van der Waals surface area contributed by atoms with Crippen molar-refractivity contribution in [3.8, 4) is 5.75 Å². The van der Waals surface area contributed by atoms with Gasteiger partial charge in [-0.2, -0.15) is 0 Å². The molecule has 2 aromatic carbocycles. The fraction of sp³-hybridized carbons (Fsp3) is 0.381. The molecule has 3 rings (SSSR count). The number of carbonyl (C=O) groups is 1. The maximum Gasteiger partial charge on any atom is 0.498 e. The Morgan fingerprint density at radius 1 is 1.00 bits per heavy atom. The first-order valence-corrected chi connectivity index (χ1v) is 8.98. The highest BCUT2D eigenvalue weighted by molar-refractivity contribution is 6.63. The molecule has 0 atom stereocenters. The number of rotatable bonds is 5. The molecule has 0 spiro atoms. The summed E-state index contributed by atoms with van der Waals surface area (Å²) in [6.07, 6.45) is 0. The highest BCUT2D eigenvalue weighted by atomic mass is 16.7. The van der Waals surface area contributed by atoms with Crippen molar-refractivity contribution in [2.75, 3.05) is 7.11 Å². The first-order valence-electron chi connectivity index (χ1n) is 8.98. The number of para-hydroxylation sites is 1. The Kier molecular flexibility index (Phi) is 5.31. The molecular weight excluding hydrogens is 343 g/mol. The van der Waals surface area contributed by atoms with Gasteiger partial charge in [-0.3, -0.25) is 0 Å². The van der Waals surface area contributed by atoms with Gasteiger partial charge in [-0.1, -0.05) is 30.3 Å². The molecule has 0 radical (unpaired) electrons. The number of ether oxygens (including phenoxy) is 2. The first-order chi connectivity index (χ1) is 12.7. The Morgan fingerprint density at radius 3 is 2.33 bits per heavy atom. The molecule has 27 heavy (non-hydrogen) atoms. The van der Waals surface area contributed by atoms with Crippen LogP contribution in [0.15, 0.2) is 48.5 Å². The van der Waals surface area contributed by atoms with Gasteiger partial charge in [0.2, 0.25) is 0 Å². The SMILES string of the molecule is COC(=O)c1cccc(COc2ccccc2B2OC(C)(C)C(C)(C)O2)c1. The molecule has 1 aliphatic rings. The van der Waals surface area contributed by atoms with Crippen molar-refractivity contribution in [3.63, 3.8) is 0 Å². The molecule has 0 amide bonds. The van der Waals surface area contributed by atoms with Gasteiger partial charge in [0.15, 0.2) is 0 Å². The van der Waals surface area contributed by atoms with Crippen LogP contribution in [0, 0.1) is 0 Å². The van der Waals surface area contributed by atoms with Crippen LogP contribution in [0.3, 0.4) is 0 Å². The lowest BCUT2D eigenvalue weighted by atomic mass is 9.78. The van der Waals surface area contributed by atoms with Gasteiger partial charge in [0.1, 0.15) is 12.4 Å². The normalized spacial score (nSPS) is 17.6. The molecule has 0 aliphatic carbocycles. The summed E-state index contributed by atoms with van der Waals surface area (Å²) in [4.78, 5) is 11.7. The Balaban J connectivity index is 1.77. The molecule has 1 saturated heterocycles. The highest BCUT2D eigenvalue weighted by Gasteiger charge is 2.52. The van der Waals surface area contributed by atoms with Crippen LogP contribution in [0.25, 0.3) is 0 Å². The number of methoxy groups -OCH3 is 1. The Bertz CT molecular complexity index is 815. The molecule has 2 aromatic rings. The van der Waals surface area contributed by atoms with Gasteiger partial charge in [0, 0.05) is 5.46 Å². The van der Waals surface area contributed by atoms with Crippen LogP contribution in [-0.2, 0) is 20.7 Å². The monoisotopic (exact) mass is 368 g/mol. The van der Waals surface area contributed by atoms with Gasteiger partial charge in [-0.15, -0.1) is 0 Å². The fourth-order valence-corrected chi connectivity index (χ4v) is 2.84. The fourth-order valence-electron chi connectivity index (χ4n) is 2.84. The van der Waals surface area contributed by atoms with Crippen LogP contribution in [0.2, 0.25) is 0 Å². The minimum atomic E-state index is -0.493. The predicted molar refractivity (Wildman–Crippen MR) is 104 cm³/mol. The molecule has 0 bridgehead atoms. The standard InChI is InChI=1S/C21H25BO5/c1-20(2)21(3,4)27-22(26-20)17-11-6-7-12-18(17)25-14-15-9-8-10-16(13-15)19(23)24-5/h6-13H,14H2,1-5H3. The van der Waals surface area contributed by atoms with Crippen molar-refractivity contribution < 1.29 is 23.6 Å². The summed E-state index contributed by atoms with van der Waals surface area (Å²) in [6.45, 7) is 8.41. The van der Waals surface area contributed by atoms with Crippen LogP contribution in [-0.4, -0.2) is 31.4 Å². The lowest BCUT2D eigenvalue weighted by molar-refractivity contribution is 0.00578. The zero-order valence-corrected chi connectivity index (χ0v) is 16.4. The Labute approximate surface area is 160 Å². The van der Waals surface area contributed by atoms with E-state index in [9.17, 15) is 4.79 Å². The third-order valence-corrected chi connectivity index (χ3v) is 5.17. The summed E-state index contributed by atoms with van der Waals surface area (Å²) >= 11 is 0. The molecule has 0 unspecified atom stereocenters. The predicted octanol–water partition coefficient (Wildman–Crippen LogP) is 3.35. The van der Waals surface area contributed by atoms with Crippen molar-refractivity contribution in [2.24, 2.45) is 0 Å². The summed E-state index contributed by atoms with van der Waals surface area (Å²) < 4.78 is 23.1. The second-order valence-corrected chi connectivity index (χ2v) is 7.61. The second kappa shape index (κ2) is 7.37. The minimum Gasteiger partial charge on any atom is -0.489 e. The number of hydrogen-bond acceptors (Lipinski definition) is 5. The number of esters is 1. The van der Waals surface area contributed by atoms with E-state index in [2.05, 4.69) is 0 Å². The van der Waals surface area contributed by atoms with Crippen molar-refractivity contribution >= 4 is 18.6 Å². The number of benzene rings is 2. The van der Waals surface area contributed by atoms with Crippen LogP contribution in [0.5, 0.6) is 5.75 Å². The minimum absolute atomic E-state index is 0.321. The van der Waals surface area contributed by atoms with E-state index < -0.39 is 18.3 Å². The number of hydrogen-bond donors (Lipinski definition) is 0. The van der Waals surface area contributed by atoms with Crippen LogP contribution in [0.1, 0.15) is 43.6 Å². The van der Waals surface area contributed by atoms with Crippen LogP contribution >= 0.6 is 0 Å². The summed E-state index contributed by atoms with van der Waals surface area (Å²) in [5.74, 6) is 0.328. The van der Waals surface area contributed by atoms with E-state index in [1.165, 1.54) is 7.11 Å². The van der Waals surface area contributed by atoms with E-state index in [-0.39, 0.29) is 5.97 Å². The van der Waals surface area contributed by atoms with Crippen LogP contribution in [0.4, 0.5) is 0 Å². The topological polar surface area (TPSA) is 54.0 Å². The summed E-state index contributed by atoms with van der Waals surface area (Å²) in [5, 5.41) is 0. The van der Waals surface area contributed by atoms with Crippen molar-refractivity contribution in [1.29, 1.82) is 0 Å². The van der Waals surface area contributed by atoms with Gasteiger partial charge in [-0.05, 0) is 51.5 Å². The lowest BCUT2D eigenvalue weighted by Crippen LogP contribution is -2.41. The van der Waals surface area contributed by atoms with Crippen molar-refractivity contribution in [3.05, 3.63) is 59.7 Å². The molecule has 1 aliphatic heterocycles. The van der Waals surface area contributed by atoms with E-state index in [1.807, 2.05) is 64.1 Å². The zero-order chi connectivity index (χ0) is 19.7. The molecule has 5 nitrogen and oxygen atoms in total. The van der Waals surface area contributed by atoms with Gasteiger partial charge >= 0.3 is 13.1 Å². The average Bonchev–Trinajstić information content (AvgIpc) is 2.87. The van der Waals surface area contributed by atoms with Crippen molar-refractivity contribution in [2.45, 2.75) is 45.5 Å². The molecule has 0 saturated carbocycles. The maximum absolute atomic E-state index is 11.7. The molecule has 0 aromatic heterocycles. The van der Waals surface area contributed by atoms with Gasteiger partial charge in [0.05, 0.1) is 23.9 Å². The molecular formula is C21H25BO5. The maximum atomic E-state index is 11.7. The first kappa shape index (κ1) is 19.5. The molecule has 142 valence electrons. The third kappa shape index (κ3) is 4.02. The van der Waals surface area contributed by atoms with Gasteiger partial charge < -0.3 is 18.8 Å². The number of carbonyl (C=O) groups excluding carboxylic acids is 1.